The Morgan fingerprint density at radius 3 is 2.62 bits per heavy atom. The third kappa shape index (κ3) is 3.53. The number of amides is 1. The molecule has 126 valence electrons. The van der Waals surface area contributed by atoms with E-state index in [0.717, 1.165) is 17.4 Å². The van der Waals surface area contributed by atoms with Gasteiger partial charge in [0.2, 0.25) is 5.91 Å². The number of nitrogens with one attached hydrogen (secondary N) is 1. The number of benzene rings is 1. The van der Waals surface area contributed by atoms with Gasteiger partial charge in [-0.15, -0.1) is 10.2 Å². The lowest BCUT2D eigenvalue weighted by atomic mass is 9.72. The number of rotatable bonds is 5. The van der Waals surface area contributed by atoms with Crippen molar-refractivity contribution in [2.45, 2.75) is 18.8 Å². The van der Waals surface area contributed by atoms with Gasteiger partial charge in [-0.1, -0.05) is 30.3 Å². The molecule has 0 unspecified atom stereocenters. The zero-order chi connectivity index (χ0) is 17.2. The second-order valence-electron chi connectivity index (χ2n) is 5.82. The van der Waals surface area contributed by atoms with Gasteiger partial charge >= 0.3 is 0 Å². The van der Waals surface area contributed by atoms with Gasteiger partial charge in [0.25, 0.3) is 10.0 Å². The van der Waals surface area contributed by atoms with E-state index in [1.54, 1.807) is 23.0 Å². The molecule has 2 atom stereocenters. The maximum Gasteiger partial charge on any atom is 0.257 e. The number of aryl methyl sites for hydroxylation is 1. The second kappa shape index (κ2) is 6.56. The summed E-state index contributed by atoms with van der Waals surface area (Å²) in [6.07, 6.45) is 4.46. The smallest absolute Gasteiger partial charge is 0.257 e. The van der Waals surface area contributed by atoms with E-state index < -0.39 is 21.8 Å². The molecule has 8 heteroatoms. The van der Waals surface area contributed by atoms with Crippen molar-refractivity contribution < 1.29 is 13.2 Å². The number of hydrogen-bond acceptors (Lipinski definition) is 5. The van der Waals surface area contributed by atoms with Crippen LogP contribution >= 0.6 is 0 Å². The number of hydrogen-bond donors (Lipinski definition) is 1. The molecule has 3 rings (SSSR count). The summed E-state index contributed by atoms with van der Waals surface area (Å²) < 4.78 is 28.0. The summed E-state index contributed by atoms with van der Waals surface area (Å²) in [4.78, 5) is 12.3. The first-order chi connectivity index (χ1) is 11.5. The summed E-state index contributed by atoms with van der Waals surface area (Å²) in [6, 6.07) is 9.03. The molecular weight excluding hydrogens is 328 g/mol. The first-order valence-corrected chi connectivity index (χ1v) is 9.14. The second-order valence-corrected chi connectivity index (χ2v) is 7.38. The molecule has 24 heavy (non-hydrogen) atoms. The number of sulfonamides is 1. The van der Waals surface area contributed by atoms with Crippen molar-refractivity contribution in [3.05, 3.63) is 53.5 Å². The number of carbonyl (C=O) groups excluding carboxylic acids is 1. The maximum atomic E-state index is 12.3. The Balaban J connectivity index is 1.66. The average Bonchev–Trinajstić information content (AvgIpc) is 2.91. The van der Waals surface area contributed by atoms with Crippen LogP contribution in [0.2, 0.25) is 0 Å². The lowest BCUT2D eigenvalue weighted by Crippen LogP contribution is -2.42. The van der Waals surface area contributed by atoms with E-state index in [1.807, 2.05) is 25.2 Å². The first-order valence-electron chi connectivity index (χ1n) is 7.60. The summed E-state index contributed by atoms with van der Waals surface area (Å²) >= 11 is 0. The summed E-state index contributed by atoms with van der Waals surface area (Å²) in [7, 11) is -2.02. The molecule has 1 aromatic heterocycles. The van der Waals surface area contributed by atoms with Crippen molar-refractivity contribution in [1.29, 1.82) is 0 Å². The monoisotopic (exact) mass is 346 g/mol. The normalized spacial score (nSPS) is 20.7. The molecule has 7 nitrogen and oxygen atoms in total. The van der Waals surface area contributed by atoms with Crippen LogP contribution in [-0.2, 0) is 21.9 Å². The quantitative estimate of drug-likeness (QED) is 0.884. The predicted octanol–water partition coefficient (Wildman–Crippen LogP) is 1.43. The summed E-state index contributed by atoms with van der Waals surface area (Å²) in [6.45, 7) is 0. The SMILES string of the molecule is Cn1cnnc1[C@@H]1CC[C@@H]1C(=O)NS(=O)(=O)/C=C/c1ccccc1. The van der Waals surface area contributed by atoms with Gasteiger partial charge in [0.15, 0.2) is 0 Å². The van der Waals surface area contributed by atoms with Crippen LogP contribution in [0.15, 0.2) is 42.1 Å². The van der Waals surface area contributed by atoms with E-state index in [0.29, 0.717) is 12.2 Å². The minimum absolute atomic E-state index is 0.0918. The fourth-order valence-electron chi connectivity index (χ4n) is 2.73. The summed E-state index contributed by atoms with van der Waals surface area (Å²) in [5.74, 6) is -0.274. The standard InChI is InChI=1S/C16H18N4O3S/c1-20-11-17-18-15(20)13-7-8-14(13)16(21)19-24(22,23)10-9-12-5-3-2-4-6-12/h2-6,9-11,13-14H,7-8H2,1H3,(H,19,21)/b10-9+/t13-,14+/m1/s1. The zero-order valence-electron chi connectivity index (χ0n) is 13.2. The number of aromatic nitrogens is 3. The van der Waals surface area contributed by atoms with Gasteiger partial charge in [0.05, 0.1) is 5.41 Å². The molecule has 0 aliphatic heterocycles. The average molecular weight is 346 g/mol. The highest BCUT2D eigenvalue weighted by atomic mass is 32.2. The molecule has 0 radical (unpaired) electrons. The highest BCUT2D eigenvalue weighted by molar-refractivity contribution is 7.93. The third-order valence-corrected chi connectivity index (χ3v) is 5.15. The van der Waals surface area contributed by atoms with Crippen molar-refractivity contribution in [2.75, 3.05) is 0 Å². The van der Waals surface area contributed by atoms with Crippen LogP contribution in [0.1, 0.15) is 30.1 Å². The Kier molecular flexibility index (Phi) is 4.48. The Hall–Kier alpha value is -2.48. The zero-order valence-corrected chi connectivity index (χ0v) is 14.0. The van der Waals surface area contributed by atoms with Gasteiger partial charge in [0, 0.05) is 18.9 Å². The van der Waals surface area contributed by atoms with Gasteiger partial charge in [0.1, 0.15) is 12.2 Å². The minimum atomic E-state index is -3.83. The fourth-order valence-corrected chi connectivity index (χ4v) is 3.57. The Morgan fingerprint density at radius 2 is 2.04 bits per heavy atom. The highest BCUT2D eigenvalue weighted by Crippen LogP contribution is 2.41. The summed E-state index contributed by atoms with van der Waals surface area (Å²) in [5.41, 5.74) is 0.746. The van der Waals surface area contributed by atoms with E-state index in [1.165, 1.54) is 6.08 Å². The largest absolute Gasteiger partial charge is 0.320 e. The summed E-state index contributed by atoms with van der Waals surface area (Å²) in [5, 5.41) is 8.83. The van der Waals surface area contributed by atoms with E-state index in [2.05, 4.69) is 14.9 Å². The lowest BCUT2D eigenvalue weighted by molar-refractivity contribution is -0.126. The van der Waals surface area contributed by atoms with Crippen molar-refractivity contribution >= 4 is 22.0 Å². The van der Waals surface area contributed by atoms with Crippen LogP contribution in [0.5, 0.6) is 0 Å². The molecule has 2 aromatic rings. The molecule has 0 saturated heterocycles. The van der Waals surface area contributed by atoms with E-state index in [9.17, 15) is 13.2 Å². The van der Waals surface area contributed by atoms with Crippen LogP contribution in [0.3, 0.4) is 0 Å². The fraction of sp³-hybridized carbons (Fsp3) is 0.312. The predicted molar refractivity (Wildman–Crippen MR) is 89.0 cm³/mol. The lowest BCUT2D eigenvalue weighted by Gasteiger charge is -2.34. The number of nitrogens with zero attached hydrogens (tertiary/aromatic N) is 3. The van der Waals surface area contributed by atoms with Crippen molar-refractivity contribution in [2.24, 2.45) is 13.0 Å². The van der Waals surface area contributed by atoms with E-state index >= 15 is 0 Å². The van der Waals surface area contributed by atoms with E-state index in [4.69, 9.17) is 0 Å². The van der Waals surface area contributed by atoms with Crippen LogP contribution in [0.4, 0.5) is 0 Å². The Labute approximate surface area is 140 Å². The minimum Gasteiger partial charge on any atom is -0.320 e. The van der Waals surface area contributed by atoms with E-state index in [-0.39, 0.29) is 5.92 Å². The van der Waals surface area contributed by atoms with Crippen LogP contribution < -0.4 is 4.72 Å². The van der Waals surface area contributed by atoms with Gasteiger partial charge in [-0.25, -0.2) is 13.1 Å². The first kappa shape index (κ1) is 16.4. The molecule has 1 saturated carbocycles. The van der Waals surface area contributed by atoms with Crippen molar-refractivity contribution in [3.8, 4) is 0 Å². The number of carbonyl (C=O) groups is 1. The molecule has 1 aromatic carbocycles. The maximum absolute atomic E-state index is 12.3. The van der Waals surface area contributed by atoms with Crippen LogP contribution in [0, 0.1) is 5.92 Å². The third-order valence-electron chi connectivity index (χ3n) is 4.17. The van der Waals surface area contributed by atoms with Gasteiger partial charge in [-0.05, 0) is 24.5 Å². The molecule has 1 N–H and O–H groups in total. The molecular formula is C16H18N4O3S. The van der Waals surface area contributed by atoms with Crippen molar-refractivity contribution in [3.63, 3.8) is 0 Å². The van der Waals surface area contributed by atoms with Crippen LogP contribution in [-0.4, -0.2) is 29.1 Å². The molecule has 1 heterocycles. The molecule has 1 amide bonds. The van der Waals surface area contributed by atoms with Gasteiger partial charge in [-0.2, -0.15) is 0 Å². The molecule has 1 fully saturated rings. The van der Waals surface area contributed by atoms with Gasteiger partial charge < -0.3 is 4.57 Å². The Morgan fingerprint density at radius 1 is 1.29 bits per heavy atom. The Bertz CT molecular complexity index is 858. The highest BCUT2D eigenvalue weighted by Gasteiger charge is 2.41. The van der Waals surface area contributed by atoms with Crippen LogP contribution in [0.25, 0.3) is 6.08 Å². The van der Waals surface area contributed by atoms with Crippen molar-refractivity contribution in [1.82, 2.24) is 19.5 Å². The topological polar surface area (TPSA) is 93.9 Å². The molecule has 1 aliphatic rings. The molecule has 1 aliphatic carbocycles. The molecule has 0 bridgehead atoms. The molecule has 0 spiro atoms. The van der Waals surface area contributed by atoms with Gasteiger partial charge in [-0.3, -0.25) is 4.79 Å².